The number of hydrogen-bond acceptors (Lipinski definition) is 4. The van der Waals surface area contributed by atoms with Gasteiger partial charge in [0.2, 0.25) is 0 Å². The molecule has 0 amide bonds. The van der Waals surface area contributed by atoms with Gasteiger partial charge in [0, 0.05) is 10.5 Å². The van der Waals surface area contributed by atoms with E-state index in [1.807, 2.05) is 0 Å². The van der Waals surface area contributed by atoms with E-state index in [-0.39, 0.29) is 11.8 Å². The maximum absolute atomic E-state index is 9.84. The van der Waals surface area contributed by atoms with E-state index < -0.39 is 0 Å². The van der Waals surface area contributed by atoms with Crippen LogP contribution in [0.25, 0.3) is 0 Å². The molecule has 0 aliphatic heterocycles. The van der Waals surface area contributed by atoms with Gasteiger partial charge >= 0.3 is 0 Å². The standard InChI is InChI=1S/C12H18Br2N2O2/c1-18-9-6-7(8(16)4-2-3-5-15)10(13)11(14)12(9)17/h6,8,17H,2-5,15-16H2,1H3/t8-/m0/s1. The molecule has 0 aliphatic rings. The molecule has 6 heteroatoms. The number of halogens is 2. The monoisotopic (exact) mass is 380 g/mol. The number of methoxy groups -OCH3 is 1. The lowest BCUT2D eigenvalue weighted by atomic mass is 10.0. The highest BCUT2D eigenvalue weighted by Gasteiger charge is 2.18. The van der Waals surface area contributed by atoms with Crippen LogP contribution in [0.4, 0.5) is 0 Å². The highest BCUT2D eigenvalue weighted by atomic mass is 79.9. The lowest BCUT2D eigenvalue weighted by Crippen LogP contribution is -2.12. The Labute approximate surface area is 124 Å². The van der Waals surface area contributed by atoms with Crippen molar-refractivity contribution in [1.29, 1.82) is 0 Å². The topological polar surface area (TPSA) is 81.5 Å². The van der Waals surface area contributed by atoms with Crippen molar-refractivity contribution in [2.75, 3.05) is 13.7 Å². The highest BCUT2D eigenvalue weighted by molar-refractivity contribution is 9.13. The first kappa shape index (κ1) is 15.8. The molecular weight excluding hydrogens is 364 g/mol. The van der Waals surface area contributed by atoms with Crippen LogP contribution < -0.4 is 16.2 Å². The van der Waals surface area contributed by atoms with Gasteiger partial charge in [-0.2, -0.15) is 0 Å². The molecule has 0 fully saturated rings. The van der Waals surface area contributed by atoms with Crippen molar-refractivity contribution in [3.8, 4) is 11.5 Å². The third-order valence-corrected chi connectivity index (χ3v) is 4.92. The van der Waals surface area contributed by atoms with E-state index >= 15 is 0 Å². The number of rotatable bonds is 6. The number of hydrogen-bond donors (Lipinski definition) is 3. The number of phenols is 1. The fourth-order valence-electron chi connectivity index (χ4n) is 1.70. The van der Waals surface area contributed by atoms with Crippen molar-refractivity contribution in [1.82, 2.24) is 0 Å². The lowest BCUT2D eigenvalue weighted by Gasteiger charge is -2.17. The van der Waals surface area contributed by atoms with Crippen molar-refractivity contribution in [3.63, 3.8) is 0 Å². The molecule has 0 saturated heterocycles. The Morgan fingerprint density at radius 1 is 1.33 bits per heavy atom. The van der Waals surface area contributed by atoms with Crippen molar-refractivity contribution in [2.45, 2.75) is 25.3 Å². The number of unbranched alkanes of at least 4 members (excludes halogenated alkanes) is 1. The van der Waals surface area contributed by atoms with E-state index in [1.165, 1.54) is 7.11 Å². The summed E-state index contributed by atoms with van der Waals surface area (Å²) in [6.45, 7) is 0.677. The van der Waals surface area contributed by atoms with Gasteiger partial charge in [-0.15, -0.1) is 0 Å². The smallest absolute Gasteiger partial charge is 0.173 e. The third-order valence-electron chi connectivity index (χ3n) is 2.76. The minimum atomic E-state index is -0.114. The van der Waals surface area contributed by atoms with E-state index in [4.69, 9.17) is 16.2 Å². The first-order chi connectivity index (χ1) is 8.52. The SMILES string of the molecule is COc1cc([C@@H](N)CCCCN)c(Br)c(Br)c1O. The van der Waals surface area contributed by atoms with Gasteiger partial charge in [0.25, 0.3) is 0 Å². The zero-order chi connectivity index (χ0) is 13.7. The largest absolute Gasteiger partial charge is 0.503 e. The minimum Gasteiger partial charge on any atom is -0.503 e. The van der Waals surface area contributed by atoms with Gasteiger partial charge in [-0.3, -0.25) is 0 Å². The summed E-state index contributed by atoms with van der Waals surface area (Å²) in [6, 6.07) is 1.65. The molecule has 5 N–H and O–H groups in total. The fourth-order valence-corrected chi connectivity index (χ4v) is 2.72. The average Bonchev–Trinajstić information content (AvgIpc) is 2.36. The van der Waals surface area contributed by atoms with Crippen LogP contribution in [-0.2, 0) is 0 Å². The van der Waals surface area contributed by atoms with E-state index in [9.17, 15) is 5.11 Å². The Hall–Kier alpha value is -0.300. The molecule has 18 heavy (non-hydrogen) atoms. The summed E-state index contributed by atoms with van der Waals surface area (Å²) in [7, 11) is 1.51. The van der Waals surface area contributed by atoms with Crippen LogP contribution in [-0.4, -0.2) is 18.8 Å². The van der Waals surface area contributed by atoms with Crippen LogP contribution in [0.5, 0.6) is 11.5 Å². The Morgan fingerprint density at radius 2 is 2.00 bits per heavy atom. The molecule has 102 valence electrons. The maximum atomic E-state index is 9.84. The molecule has 0 radical (unpaired) electrons. The van der Waals surface area contributed by atoms with Gasteiger partial charge in [0.15, 0.2) is 11.5 Å². The molecule has 0 aliphatic carbocycles. The number of aromatic hydroxyl groups is 1. The Morgan fingerprint density at radius 3 is 2.56 bits per heavy atom. The predicted octanol–water partition coefficient (Wildman–Crippen LogP) is 3.05. The van der Waals surface area contributed by atoms with Crippen LogP contribution >= 0.6 is 31.9 Å². The summed E-state index contributed by atoms with van der Waals surface area (Å²) in [5, 5.41) is 9.84. The Balaban J connectivity index is 2.97. The molecule has 0 spiro atoms. The van der Waals surface area contributed by atoms with Gasteiger partial charge in [0.05, 0.1) is 11.6 Å². The molecule has 0 aromatic heterocycles. The van der Waals surface area contributed by atoms with Crippen LogP contribution in [0.1, 0.15) is 30.9 Å². The Kier molecular flexibility index (Phi) is 6.42. The van der Waals surface area contributed by atoms with Crippen molar-refractivity contribution >= 4 is 31.9 Å². The van der Waals surface area contributed by atoms with Gasteiger partial charge in [-0.25, -0.2) is 0 Å². The van der Waals surface area contributed by atoms with Crippen molar-refractivity contribution < 1.29 is 9.84 Å². The van der Waals surface area contributed by atoms with E-state index in [2.05, 4.69) is 31.9 Å². The Bertz CT molecular complexity index is 414. The summed E-state index contributed by atoms with van der Waals surface area (Å²) >= 11 is 6.76. The van der Waals surface area contributed by atoms with Crippen LogP contribution in [0.15, 0.2) is 15.0 Å². The molecule has 1 aromatic rings. The van der Waals surface area contributed by atoms with Crippen LogP contribution in [0.2, 0.25) is 0 Å². The quantitative estimate of drug-likeness (QED) is 0.661. The molecule has 1 aromatic carbocycles. The van der Waals surface area contributed by atoms with Crippen molar-refractivity contribution in [2.24, 2.45) is 11.5 Å². The lowest BCUT2D eigenvalue weighted by molar-refractivity contribution is 0.370. The van der Waals surface area contributed by atoms with Gasteiger partial charge in [0.1, 0.15) is 0 Å². The number of phenolic OH excluding ortho intramolecular Hbond substituents is 1. The number of nitrogens with two attached hydrogens (primary N) is 2. The second-order valence-electron chi connectivity index (χ2n) is 4.04. The summed E-state index contributed by atoms with van der Waals surface area (Å²) in [6.07, 6.45) is 2.78. The zero-order valence-electron chi connectivity index (χ0n) is 10.2. The average molecular weight is 382 g/mol. The first-order valence-electron chi connectivity index (χ1n) is 5.73. The fraction of sp³-hybridized carbons (Fsp3) is 0.500. The van der Waals surface area contributed by atoms with E-state index in [0.717, 1.165) is 29.3 Å². The second kappa shape index (κ2) is 7.33. The molecular formula is C12H18Br2N2O2. The molecule has 0 heterocycles. The zero-order valence-corrected chi connectivity index (χ0v) is 13.4. The second-order valence-corrected chi connectivity index (χ2v) is 5.62. The summed E-state index contributed by atoms with van der Waals surface area (Å²) in [4.78, 5) is 0. The predicted molar refractivity (Wildman–Crippen MR) is 79.9 cm³/mol. The highest BCUT2D eigenvalue weighted by Crippen LogP contribution is 2.43. The van der Waals surface area contributed by atoms with Gasteiger partial charge in [-0.05, 0) is 62.9 Å². The summed E-state index contributed by atoms with van der Waals surface area (Å²) < 4.78 is 6.45. The van der Waals surface area contributed by atoms with Gasteiger partial charge < -0.3 is 21.3 Å². The number of benzene rings is 1. The molecule has 4 nitrogen and oxygen atoms in total. The third kappa shape index (κ3) is 3.60. The van der Waals surface area contributed by atoms with Crippen LogP contribution in [0, 0.1) is 0 Å². The molecule has 1 rings (SSSR count). The van der Waals surface area contributed by atoms with Gasteiger partial charge in [-0.1, -0.05) is 6.42 Å². The normalized spacial score (nSPS) is 12.5. The maximum Gasteiger partial charge on any atom is 0.173 e. The minimum absolute atomic E-state index is 0.0716. The molecule has 1 atom stereocenters. The van der Waals surface area contributed by atoms with E-state index in [1.54, 1.807) is 6.07 Å². The molecule has 0 saturated carbocycles. The molecule has 0 bridgehead atoms. The summed E-state index contributed by atoms with van der Waals surface area (Å²) in [5.74, 6) is 0.483. The number of ether oxygens (including phenoxy) is 1. The van der Waals surface area contributed by atoms with E-state index in [0.29, 0.717) is 16.8 Å². The van der Waals surface area contributed by atoms with Crippen molar-refractivity contribution in [3.05, 3.63) is 20.6 Å². The first-order valence-corrected chi connectivity index (χ1v) is 7.32. The summed E-state index contributed by atoms with van der Waals surface area (Å²) in [5.41, 5.74) is 12.5. The van der Waals surface area contributed by atoms with Crippen LogP contribution in [0.3, 0.4) is 0 Å². The molecule has 0 unspecified atom stereocenters.